The second-order valence-corrected chi connectivity index (χ2v) is 15.7. The average Bonchev–Trinajstić information content (AvgIpc) is 3.83. The van der Waals surface area contributed by atoms with Gasteiger partial charge in [0.05, 0.1) is 5.41 Å². The summed E-state index contributed by atoms with van der Waals surface area (Å²) in [5, 5.41) is 6.47. The van der Waals surface area contributed by atoms with E-state index in [0.29, 0.717) is 17.5 Å². The van der Waals surface area contributed by atoms with Gasteiger partial charge in [0.15, 0.2) is 17.5 Å². The van der Waals surface area contributed by atoms with Crippen LogP contribution < -0.4 is 4.74 Å². The highest BCUT2D eigenvalue weighted by atomic mass is 16.5. The summed E-state index contributed by atoms with van der Waals surface area (Å²) in [4.78, 5) is 15.8. The molecule has 1 aliphatic carbocycles. The van der Waals surface area contributed by atoms with Gasteiger partial charge in [0.2, 0.25) is 0 Å². The molecule has 5 nitrogen and oxygen atoms in total. The normalized spacial score (nSPS) is 17.0. The number of allylic oxidation sites excluding steroid dienone is 2. The summed E-state index contributed by atoms with van der Waals surface area (Å²) in [5.74, 6) is 2.72. The summed E-state index contributed by atoms with van der Waals surface area (Å²) in [6.45, 7) is 2.29. The molecule has 0 saturated carbocycles. The summed E-state index contributed by atoms with van der Waals surface area (Å²) in [5.41, 5.74) is 9.88. The highest BCUT2D eigenvalue weighted by molar-refractivity contribution is 6.12. The van der Waals surface area contributed by atoms with Crippen LogP contribution in [0.5, 0.6) is 5.75 Å². The molecule has 2 aromatic heterocycles. The van der Waals surface area contributed by atoms with Gasteiger partial charge in [-0.3, -0.25) is 0 Å². The van der Waals surface area contributed by atoms with E-state index in [4.69, 9.17) is 24.1 Å². The van der Waals surface area contributed by atoms with Gasteiger partial charge in [0.1, 0.15) is 23.0 Å². The van der Waals surface area contributed by atoms with Gasteiger partial charge in [-0.2, -0.15) is 0 Å². The number of para-hydroxylation sites is 1. The number of aromatic nitrogens is 3. The summed E-state index contributed by atoms with van der Waals surface area (Å²) >= 11 is 0. The van der Waals surface area contributed by atoms with E-state index in [1.807, 2.05) is 30.3 Å². The molecule has 278 valence electrons. The van der Waals surface area contributed by atoms with Gasteiger partial charge >= 0.3 is 0 Å². The van der Waals surface area contributed by atoms with Gasteiger partial charge in [0.25, 0.3) is 0 Å². The van der Waals surface area contributed by atoms with Gasteiger partial charge < -0.3 is 9.15 Å². The number of ether oxygens (including phenoxy) is 1. The molecule has 0 amide bonds. The molecule has 10 aromatic rings. The molecule has 0 radical (unpaired) electrons. The highest BCUT2D eigenvalue weighted by Crippen LogP contribution is 2.52. The third kappa shape index (κ3) is 5.28. The SMILES string of the molecule is CC12C=CC(c3ccccc3)=CC1Oc1cccc(-c3ccc(-c4nc(-c5ccc6ccccc6c5)nc(-c5cccc6oc7ccccc7c56)n4)c4ccccc34)c12. The Morgan fingerprint density at radius 3 is 2.02 bits per heavy atom. The summed E-state index contributed by atoms with van der Waals surface area (Å²) in [7, 11) is 0. The third-order valence-corrected chi connectivity index (χ3v) is 12.2. The zero-order chi connectivity index (χ0) is 39.1. The molecule has 3 heterocycles. The Hall–Kier alpha value is -7.63. The number of hydrogen-bond acceptors (Lipinski definition) is 5. The van der Waals surface area contributed by atoms with Crippen LogP contribution in [0.25, 0.3) is 94.3 Å². The molecule has 0 N–H and O–H groups in total. The van der Waals surface area contributed by atoms with Crippen molar-refractivity contribution >= 4 is 49.1 Å². The van der Waals surface area contributed by atoms with Crippen LogP contribution in [-0.4, -0.2) is 21.1 Å². The quantitative estimate of drug-likeness (QED) is 0.175. The van der Waals surface area contributed by atoms with Crippen LogP contribution in [0, 0.1) is 0 Å². The molecule has 2 unspecified atom stereocenters. The van der Waals surface area contributed by atoms with Crippen molar-refractivity contribution in [3.05, 3.63) is 199 Å². The lowest BCUT2D eigenvalue weighted by Gasteiger charge is -2.30. The molecule has 0 bridgehead atoms. The van der Waals surface area contributed by atoms with Crippen LogP contribution in [0.4, 0.5) is 0 Å². The van der Waals surface area contributed by atoms with Crippen molar-refractivity contribution in [3.8, 4) is 51.0 Å². The maximum absolute atomic E-state index is 6.76. The Morgan fingerprint density at radius 1 is 0.492 bits per heavy atom. The molecule has 5 heteroatoms. The van der Waals surface area contributed by atoms with E-state index < -0.39 is 0 Å². The number of furan rings is 1. The Kier molecular flexibility index (Phi) is 7.35. The first-order valence-electron chi connectivity index (χ1n) is 20.0. The van der Waals surface area contributed by atoms with Crippen LogP contribution in [0.15, 0.2) is 193 Å². The van der Waals surface area contributed by atoms with E-state index in [1.165, 1.54) is 16.7 Å². The second-order valence-electron chi connectivity index (χ2n) is 15.7. The largest absolute Gasteiger partial charge is 0.485 e. The lowest BCUT2D eigenvalue weighted by Crippen LogP contribution is -2.34. The molecule has 2 aliphatic rings. The number of hydrogen-bond donors (Lipinski definition) is 0. The Balaban J connectivity index is 1.04. The molecular weight excluding hydrogens is 723 g/mol. The zero-order valence-corrected chi connectivity index (χ0v) is 32.1. The molecule has 1 aliphatic heterocycles. The number of nitrogens with zero attached hydrogens (tertiary/aromatic N) is 3. The van der Waals surface area contributed by atoms with E-state index in [0.717, 1.165) is 77.1 Å². The monoisotopic (exact) mass is 757 g/mol. The van der Waals surface area contributed by atoms with Crippen molar-refractivity contribution in [1.29, 1.82) is 0 Å². The fourth-order valence-corrected chi connectivity index (χ4v) is 9.27. The Bertz CT molecular complexity index is 3400. The van der Waals surface area contributed by atoms with Gasteiger partial charge in [-0.25, -0.2) is 15.0 Å². The summed E-state index contributed by atoms with van der Waals surface area (Å²) < 4.78 is 13.1. The van der Waals surface area contributed by atoms with Crippen molar-refractivity contribution in [2.75, 3.05) is 0 Å². The summed E-state index contributed by atoms with van der Waals surface area (Å²) in [6, 6.07) is 59.0. The van der Waals surface area contributed by atoms with Crippen LogP contribution in [0.2, 0.25) is 0 Å². The second kappa shape index (κ2) is 12.9. The first kappa shape index (κ1) is 33.5. The van der Waals surface area contributed by atoms with Crippen LogP contribution in [0.1, 0.15) is 18.1 Å². The van der Waals surface area contributed by atoms with E-state index >= 15 is 0 Å². The van der Waals surface area contributed by atoms with Crippen LogP contribution >= 0.6 is 0 Å². The standard InChI is InChI=1S/C54H35N3O2/c1-54-30-29-36(33-13-3-2-4-14-33)32-48(54)59-47-24-11-20-41(50(47)54)40-27-28-42(39-18-8-7-17-38(39)40)52-55-51(37-26-25-34-15-5-6-16-35(34)31-37)56-53(57-52)44-21-12-23-46-49(44)43-19-9-10-22-45(43)58-46/h2-32,48H,1H3. The molecule has 0 fully saturated rings. The van der Waals surface area contributed by atoms with Crippen molar-refractivity contribution in [2.24, 2.45) is 0 Å². The number of benzene rings is 8. The van der Waals surface area contributed by atoms with Crippen molar-refractivity contribution in [2.45, 2.75) is 18.4 Å². The minimum atomic E-state index is -0.347. The maximum atomic E-state index is 6.76. The Labute approximate surface area is 340 Å². The molecule has 59 heavy (non-hydrogen) atoms. The number of rotatable bonds is 5. The predicted octanol–water partition coefficient (Wildman–Crippen LogP) is 13.4. The minimum absolute atomic E-state index is 0.127. The first-order valence-corrected chi connectivity index (χ1v) is 20.0. The van der Waals surface area contributed by atoms with Crippen molar-refractivity contribution < 1.29 is 9.15 Å². The van der Waals surface area contributed by atoms with Gasteiger partial charge in [-0.1, -0.05) is 152 Å². The number of fused-ring (bicyclic) bond motifs is 8. The third-order valence-electron chi connectivity index (χ3n) is 12.2. The molecular formula is C54H35N3O2. The fourth-order valence-electron chi connectivity index (χ4n) is 9.27. The van der Waals surface area contributed by atoms with Gasteiger partial charge in [-0.15, -0.1) is 0 Å². The topological polar surface area (TPSA) is 61.0 Å². The van der Waals surface area contributed by atoms with Crippen LogP contribution in [-0.2, 0) is 5.41 Å². The fraction of sp³-hybridized carbons (Fsp3) is 0.0556. The van der Waals surface area contributed by atoms with E-state index in [1.54, 1.807) is 0 Å². The smallest absolute Gasteiger partial charge is 0.164 e. The van der Waals surface area contributed by atoms with E-state index in [-0.39, 0.29) is 11.5 Å². The van der Waals surface area contributed by atoms with Crippen molar-refractivity contribution in [1.82, 2.24) is 15.0 Å². The Morgan fingerprint density at radius 2 is 1.15 bits per heavy atom. The maximum Gasteiger partial charge on any atom is 0.164 e. The molecule has 0 saturated heterocycles. The molecule has 2 atom stereocenters. The zero-order valence-electron chi connectivity index (χ0n) is 32.1. The minimum Gasteiger partial charge on any atom is -0.485 e. The average molecular weight is 758 g/mol. The summed E-state index contributed by atoms with van der Waals surface area (Å²) in [6.07, 6.45) is 6.73. The van der Waals surface area contributed by atoms with Crippen molar-refractivity contribution in [3.63, 3.8) is 0 Å². The lowest BCUT2D eigenvalue weighted by molar-refractivity contribution is 0.229. The first-order chi connectivity index (χ1) is 29.1. The lowest BCUT2D eigenvalue weighted by atomic mass is 9.72. The van der Waals surface area contributed by atoms with Gasteiger partial charge in [-0.05, 0) is 87.1 Å². The predicted molar refractivity (Wildman–Crippen MR) is 239 cm³/mol. The highest BCUT2D eigenvalue weighted by Gasteiger charge is 2.46. The van der Waals surface area contributed by atoms with E-state index in [9.17, 15) is 0 Å². The molecule has 0 spiro atoms. The van der Waals surface area contributed by atoms with Gasteiger partial charge in [0, 0.05) is 33.0 Å². The van der Waals surface area contributed by atoms with Crippen LogP contribution in [0.3, 0.4) is 0 Å². The molecule has 8 aromatic carbocycles. The van der Waals surface area contributed by atoms with E-state index in [2.05, 4.69) is 165 Å². The molecule has 12 rings (SSSR count).